The number of rotatable bonds is 9. The Hall–Kier alpha value is -3.19. The van der Waals surface area contributed by atoms with Crippen LogP contribution in [-0.4, -0.2) is 60.8 Å². The lowest BCUT2D eigenvalue weighted by molar-refractivity contribution is -0.121. The van der Waals surface area contributed by atoms with Gasteiger partial charge in [-0.25, -0.2) is 0 Å². The van der Waals surface area contributed by atoms with Gasteiger partial charge in [0.1, 0.15) is 5.75 Å². The van der Waals surface area contributed by atoms with Crippen LogP contribution in [0.15, 0.2) is 48.5 Å². The molecule has 174 valence electrons. The summed E-state index contributed by atoms with van der Waals surface area (Å²) < 4.78 is 5.21. The first-order chi connectivity index (χ1) is 16.0. The van der Waals surface area contributed by atoms with E-state index in [4.69, 9.17) is 4.74 Å². The van der Waals surface area contributed by atoms with Crippen molar-refractivity contribution in [2.75, 3.05) is 33.3 Å². The number of methoxy groups -OCH3 is 1. The highest BCUT2D eigenvalue weighted by Crippen LogP contribution is 2.23. The summed E-state index contributed by atoms with van der Waals surface area (Å²) in [6, 6.07) is 15.0. The molecule has 7 nitrogen and oxygen atoms in total. The second-order valence-electron chi connectivity index (χ2n) is 8.78. The second-order valence-corrected chi connectivity index (χ2v) is 8.78. The van der Waals surface area contributed by atoms with E-state index in [0.717, 1.165) is 38.2 Å². The van der Waals surface area contributed by atoms with Gasteiger partial charge >= 0.3 is 0 Å². The van der Waals surface area contributed by atoms with Crippen LogP contribution >= 0.6 is 0 Å². The van der Waals surface area contributed by atoms with E-state index in [1.54, 1.807) is 31.4 Å². The van der Waals surface area contributed by atoms with Crippen LogP contribution in [0.5, 0.6) is 5.75 Å². The van der Waals surface area contributed by atoms with Crippen molar-refractivity contribution in [1.29, 1.82) is 0 Å². The van der Waals surface area contributed by atoms with Gasteiger partial charge in [-0.3, -0.25) is 24.2 Å². The van der Waals surface area contributed by atoms with Crippen LogP contribution in [0.2, 0.25) is 0 Å². The van der Waals surface area contributed by atoms with E-state index in [0.29, 0.717) is 36.4 Å². The number of carbonyl (C=O) groups excluding carboxylic acids is 3. The van der Waals surface area contributed by atoms with Gasteiger partial charge in [-0.05, 0) is 68.1 Å². The lowest BCUT2D eigenvalue weighted by Gasteiger charge is -2.32. The summed E-state index contributed by atoms with van der Waals surface area (Å²) in [5.74, 6) is 0.802. The first-order valence-electron chi connectivity index (χ1n) is 11.6. The van der Waals surface area contributed by atoms with E-state index in [1.165, 1.54) is 10.5 Å². The van der Waals surface area contributed by atoms with Gasteiger partial charge in [0.25, 0.3) is 11.8 Å². The van der Waals surface area contributed by atoms with Gasteiger partial charge in [0.2, 0.25) is 5.91 Å². The van der Waals surface area contributed by atoms with Crippen molar-refractivity contribution >= 4 is 17.7 Å². The van der Waals surface area contributed by atoms with Crippen molar-refractivity contribution in [2.24, 2.45) is 5.92 Å². The zero-order chi connectivity index (χ0) is 23.2. The molecule has 0 spiro atoms. The molecular weight excluding hydrogens is 418 g/mol. The number of benzene rings is 2. The molecule has 0 aliphatic carbocycles. The highest BCUT2D eigenvalue weighted by Gasteiger charge is 2.34. The van der Waals surface area contributed by atoms with Gasteiger partial charge in [0, 0.05) is 26.1 Å². The molecule has 1 fully saturated rings. The third-order valence-corrected chi connectivity index (χ3v) is 6.52. The molecule has 0 unspecified atom stereocenters. The molecular formula is C26H31N3O4. The van der Waals surface area contributed by atoms with Gasteiger partial charge in [0.15, 0.2) is 0 Å². The number of nitrogens with zero attached hydrogens (tertiary/aromatic N) is 2. The number of imide groups is 1. The Morgan fingerprint density at radius 3 is 2.24 bits per heavy atom. The largest absolute Gasteiger partial charge is 0.497 e. The van der Waals surface area contributed by atoms with Crippen LogP contribution in [0.4, 0.5) is 0 Å². The highest BCUT2D eigenvalue weighted by molar-refractivity contribution is 6.21. The molecule has 33 heavy (non-hydrogen) atoms. The molecule has 0 bridgehead atoms. The van der Waals surface area contributed by atoms with E-state index in [9.17, 15) is 14.4 Å². The first kappa shape index (κ1) is 23.0. The molecule has 7 heteroatoms. The Morgan fingerprint density at radius 1 is 1.00 bits per heavy atom. The Bertz CT molecular complexity index is 962. The third kappa shape index (κ3) is 5.60. The SMILES string of the molecule is COc1ccc(CN2CCC(CNC(=O)CCCN3C(=O)c4ccccc4C3=O)CC2)cc1. The normalized spacial score (nSPS) is 16.7. The zero-order valence-electron chi connectivity index (χ0n) is 19.1. The van der Waals surface area contributed by atoms with Crippen LogP contribution in [0, 0.1) is 5.92 Å². The molecule has 4 rings (SSSR count). The Morgan fingerprint density at radius 2 is 1.64 bits per heavy atom. The molecule has 3 amide bonds. The molecule has 2 aromatic carbocycles. The van der Waals surface area contributed by atoms with Gasteiger partial charge in [0.05, 0.1) is 18.2 Å². The summed E-state index contributed by atoms with van der Waals surface area (Å²) in [6.45, 7) is 3.92. The molecule has 0 saturated carbocycles. The van der Waals surface area contributed by atoms with Gasteiger partial charge in [-0.2, -0.15) is 0 Å². The van der Waals surface area contributed by atoms with Crippen molar-refractivity contribution in [3.05, 3.63) is 65.2 Å². The minimum atomic E-state index is -0.266. The Kier molecular flexibility index (Phi) is 7.40. The molecule has 0 aromatic heterocycles. The molecule has 1 N–H and O–H groups in total. The first-order valence-corrected chi connectivity index (χ1v) is 11.6. The number of hydrogen-bond donors (Lipinski definition) is 1. The maximum absolute atomic E-state index is 12.4. The van der Waals surface area contributed by atoms with Crippen LogP contribution in [0.3, 0.4) is 0 Å². The number of carbonyl (C=O) groups is 3. The fraction of sp³-hybridized carbons (Fsp3) is 0.423. The highest BCUT2D eigenvalue weighted by atomic mass is 16.5. The molecule has 2 aliphatic heterocycles. The summed E-state index contributed by atoms with van der Waals surface area (Å²) in [4.78, 5) is 40.7. The monoisotopic (exact) mass is 449 g/mol. The lowest BCUT2D eigenvalue weighted by Crippen LogP contribution is -2.38. The van der Waals surface area contributed by atoms with Gasteiger partial charge in [-0.15, -0.1) is 0 Å². The van der Waals surface area contributed by atoms with Crippen molar-refractivity contribution in [3.63, 3.8) is 0 Å². The van der Waals surface area contributed by atoms with E-state index < -0.39 is 0 Å². The van der Waals surface area contributed by atoms with Crippen molar-refractivity contribution in [3.8, 4) is 5.75 Å². The third-order valence-electron chi connectivity index (χ3n) is 6.52. The number of amides is 3. The smallest absolute Gasteiger partial charge is 0.261 e. The summed E-state index contributed by atoms with van der Waals surface area (Å²) in [6.07, 6.45) is 2.90. The standard InChI is InChI=1S/C26H31N3O4/c1-33-21-10-8-20(9-11-21)18-28-15-12-19(13-16-28)17-27-24(30)7-4-14-29-25(31)22-5-2-3-6-23(22)26(29)32/h2-3,5-6,8-11,19H,4,7,12-18H2,1H3,(H,27,30). The molecule has 2 aromatic rings. The fourth-order valence-electron chi connectivity index (χ4n) is 4.52. The minimum absolute atomic E-state index is 0.0210. The summed E-state index contributed by atoms with van der Waals surface area (Å²) in [7, 11) is 1.67. The minimum Gasteiger partial charge on any atom is -0.497 e. The Labute approximate surface area is 194 Å². The molecule has 0 atom stereocenters. The quantitative estimate of drug-likeness (QED) is 0.595. The molecule has 1 saturated heterocycles. The van der Waals surface area contributed by atoms with E-state index in [2.05, 4.69) is 22.3 Å². The molecule has 0 radical (unpaired) electrons. The second kappa shape index (κ2) is 10.6. The van der Waals surface area contributed by atoms with Crippen molar-refractivity contribution in [1.82, 2.24) is 15.1 Å². The number of nitrogens with one attached hydrogen (secondary N) is 1. The predicted octanol–water partition coefficient (Wildman–Crippen LogP) is 3.10. The van der Waals surface area contributed by atoms with Crippen LogP contribution in [0.25, 0.3) is 0 Å². The zero-order valence-corrected chi connectivity index (χ0v) is 19.1. The van der Waals surface area contributed by atoms with Crippen LogP contribution in [-0.2, 0) is 11.3 Å². The van der Waals surface area contributed by atoms with Crippen molar-refractivity contribution < 1.29 is 19.1 Å². The van der Waals surface area contributed by atoms with Crippen LogP contribution in [0.1, 0.15) is 52.0 Å². The number of hydrogen-bond acceptors (Lipinski definition) is 5. The van der Waals surface area contributed by atoms with E-state index >= 15 is 0 Å². The van der Waals surface area contributed by atoms with Gasteiger partial charge < -0.3 is 10.1 Å². The number of likely N-dealkylation sites (tertiary alicyclic amines) is 1. The Balaban J connectivity index is 1.12. The number of fused-ring (bicyclic) bond motifs is 1. The maximum Gasteiger partial charge on any atom is 0.261 e. The molecule has 2 aliphatic rings. The van der Waals surface area contributed by atoms with Crippen LogP contribution < -0.4 is 10.1 Å². The average Bonchev–Trinajstić information content (AvgIpc) is 3.09. The van der Waals surface area contributed by atoms with E-state index in [-0.39, 0.29) is 24.3 Å². The van der Waals surface area contributed by atoms with Gasteiger partial charge in [-0.1, -0.05) is 24.3 Å². The maximum atomic E-state index is 12.4. The predicted molar refractivity (Wildman–Crippen MR) is 125 cm³/mol. The fourth-order valence-corrected chi connectivity index (χ4v) is 4.52. The topological polar surface area (TPSA) is 79.0 Å². The summed E-state index contributed by atoms with van der Waals surface area (Å²) in [5.41, 5.74) is 2.18. The average molecular weight is 450 g/mol. The summed E-state index contributed by atoms with van der Waals surface area (Å²) in [5, 5.41) is 3.03. The lowest BCUT2D eigenvalue weighted by atomic mass is 9.96. The number of piperidine rings is 1. The number of ether oxygens (including phenoxy) is 1. The summed E-state index contributed by atoms with van der Waals surface area (Å²) >= 11 is 0. The van der Waals surface area contributed by atoms with E-state index in [1.807, 2.05) is 12.1 Å². The van der Waals surface area contributed by atoms with Crippen molar-refractivity contribution in [2.45, 2.75) is 32.2 Å². The molecule has 2 heterocycles.